The lowest BCUT2D eigenvalue weighted by molar-refractivity contribution is 0.184. The predicted molar refractivity (Wildman–Crippen MR) is 122 cm³/mol. The molecule has 0 aliphatic carbocycles. The van der Waals surface area contributed by atoms with Crippen molar-refractivity contribution in [3.63, 3.8) is 0 Å². The molecule has 2 aromatic carbocycles. The molecule has 3 aromatic rings. The highest BCUT2D eigenvalue weighted by Gasteiger charge is 2.18. The SMILES string of the molecule is CCCN(Cc1ccccc1COC)c1nc(-c2ccc(OC)cc2Cl)c(C)s1. The van der Waals surface area contributed by atoms with Gasteiger partial charge in [0.2, 0.25) is 0 Å². The van der Waals surface area contributed by atoms with Crippen molar-refractivity contribution in [2.45, 2.75) is 33.4 Å². The van der Waals surface area contributed by atoms with Gasteiger partial charge in [0.15, 0.2) is 5.13 Å². The number of aromatic nitrogens is 1. The predicted octanol–water partition coefficient (Wildman–Crippen LogP) is 6.34. The first-order chi connectivity index (χ1) is 14.1. The fourth-order valence-electron chi connectivity index (χ4n) is 3.31. The Morgan fingerprint density at radius 3 is 2.52 bits per heavy atom. The van der Waals surface area contributed by atoms with Gasteiger partial charge in [0.25, 0.3) is 0 Å². The zero-order chi connectivity index (χ0) is 20.8. The summed E-state index contributed by atoms with van der Waals surface area (Å²) in [4.78, 5) is 8.47. The van der Waals surface area contributed by atoms with Crippen molar-refractivity contribution in [1.82, 2.24) is 4.98 Å². The van der Waals surface area contributed by atoms with Gasteiger partial charge in [0.1, 0.15) is 5.75 Å². The quantitative estimate of drug-likeness (QED) is 0.396. The minimum absolute atomic E-state index is 0.611. The number of nitrogens with zero attached hydrogens (tertiary/aromatic N) is 2. The van der Waals surface area contributed by atoms with Crippen molar-refractivity contribution < 1.29 is 9.47 Å². The molecule has 154 valence electrons. The van der Waals surface area contributed by atoms with Crippen molar-refractivity contribution in [1.29, 1.82) is 0 Å². The lowest BCUT2D eigenvalue weighted by atomic mass is 10.1. The molecule has 0 atom stereocenters. The van der Waals surface area contributed by atoms with E-state index in [1.807, 2.05) is 18.2 Å². The molecular weight excluding hydrogens is 404 g/mol. The highest BCUT2D eigenvalue weighted by atomic mass is 35.5. The van der Waals surface area contributed by atoms with Crippen LogP contribution in [0.15, 0.2) is 42.5 Å². The number of hydrogen-bond donors (Lipinski definition) is 0. The molecule has 0 aliphatic rings. The van der Waals surface area contributed by atoms with E-state index in [4.69, 9.17) is 26.1 Å². The molecule has 6 heteroatoms. The topological polar surface area (TPSA) is 34.6 Å². The molecule has 29 heavy (non-hydrogen) atoms. The minimum Gasteiger partial charge on any atom is -0.497 e. The second kappa shape index (κ2) is 10.1. The minimum atomic E-state index is 0.611. The van der Waals surface area contributed by atoms with Crippen LogP contribution in [0.5, 0.6) is 5.75 Å². The molecule has 3 rings (SSSR count). The van der Waals surface area contributed by atoms with Crippen LogP contribution < -0.4 is 9.64 Å². The zero-order valence-electron chi connectivity index (χ0n) is 17.4. The molecule has 1 heterocycles. The Morgan fingerprint density at radius 1 is 1.10 bits per heavy atom. The zero-order valence-corrected chi connectivity index (χ0v) is 18.9. The molecule has 0 N–H and O–H groups in total. The number of methoxy groups -OCH3 is 2. The second-order valence-electron chi connectivity index (χ2n) is 6.87. The first-order valence-electron chi connectivity index (χ1n) is 9.69. The smallest absolute Gasteiger partial charge is 0.186 e. The van der Waals surface area contributed by atoms with E-state index in [1.54, 1.807) is 25.6 Å². The van der Waals surface area contributed by atoms with E-state index in [1.165, 1.54) is 11.1 Å². The first-order valence-corrected chi connectivity index (χ1v) is 10.9. The summed E-state index contributed by atoms with van der Waals surface area (Å²) in [5, 5.41) is 1.66. The number of anilines is 1. The highest BCUT2D eigenvalue weighted by Crippen LogP contribution is 2.37. The fraction of sp³-hybridized carbons (Fsp3) is 0.348. The number of halogens is 1. The highest BCUT2D eigenvalue weighted by molar-refractivity contribution is 7.16. The molecule has 0 saturated heterocycles. The lowest BCUT2D eigenvalue weighted by Crippen LogP contribution is -2.24. The fourth-order valence-corrected chi connectivity index (χ4v) is 4.52. The Morgan fingerprint density at radius 2 is 1.86 bits per heavy atom. The van der Waals surface area contributed by atoms with Gasteiger partial charge >= 0.3 is 0 Å². The van der Waals surface area contributed by atoms with Gasteiger partial charge < -0.3 is 14.4 Å². The van der Waals surface area contributed by atoms with Crippen LogP contribution in [-0.4, -0.2) is 25.7 Å². The van der Waals surface area contributed by atoms with E-state index in [0.29, 0.717) is 11.6 Å². The maximum atomic E-state index is 6.51. The summed E-state index contributed by atoms with van der Waals surface area (Å²) in [6.45, 7) is 6.63. The van der Waals surface area contributed by atoms with Crippen LogP contribution in [0.2, 0.25) is 5.02 Å². The number of aryl methyl sites for hydroxylation is 1. The van der Waals surface area contributed by atoms with E-state index in [9.17, 15) is 0 Å². The number of rotatable bonds is 9. The van der Waals surface area contributed by atoms with Crippen molar-refractivity contribution >= 4 is 28.1 Å². The molecule has 0 fully saturated rings. The number of thiazole rings is 1. The third-order valence-electron chi connectivity index (χ3n) is 4.76. The average molecular weight is 431 g/mol. The number of ether oxygens (including phenoxy) is 2. The molecule has 0 saturated carbocycles. The van der Waals surface area contributed by atoms with Gasteiger partial charge in [-0.15, -0.1) is 11.3 Å². The van der Waals surface area contributed by atoms with Gasteiger partial charge in [-0.1, -0.05) is 42.8 Å². The summed E-state index contributed by atoms with van der Waals surface area (Å²) in [5.74, 6) is 0.745. The van der Waals surface area contributed by atoms with E-state index < -0.39 is 0 Å². The van der Waals surface area contributed by atoms with Gasteiger partial charge in [-0.25, -0.2) is 4.98 Å². The molecule has 1 aromatic heterocycles. The first kappa shape index (κ1) is 21.6. The summed E-state index contributed by atoms with van der Waals surface area (Å²) in [6, 6.07) is 14.2. The summed E-state index contributed by atoms with van der Waals surface area (Å²) >= 11 is 8.22. The van der Waals surface area contributed by atoms with Crippen molar-refractivity contribution in [2.75, 3.05) is 25.7 Å². The average Bonchev–Trinajstić information content (AvgIpc) is 3.10. The number of hydrogen-bond acceptors (Lipinski definition) is 5. The largest absolute Gasteiger partial charge is 0.497 e. The maximum absolute atomic E-state index is 6.51. The van der Waals surface area contributed by atoms with E-state index >= 15 is 0 Å². The Balaban J connectivity index is 1.93. The molecule has 0 unspecified atom stereocenters. The Kier molecular flexibility index (Phi) is 7.53. The monoisotopic (exact) mass is 430 g/mol. The van der Waals surface area contributed by atoms with Crippen LogP contribution >= 0.6 is 22.9 Å². The lowest BCUT2D eigenvalue weighted by Gasteiger charge is -2.22. The molecule has 4 nitrogen and oxygen atoms in total. The van der Waals surface area contributed by atoms with Gasteiger partial charge in [-0.05, 0) is 42.7 Å². The van der Waals surface area contributed by atoms with Crippen LogP contribution in [0, 0.1) is 6.92 Å². The van der Waals surface area contributed by atoms with E-state index in [0.717, 1.165) is 46.5 Å². The number of benzene rings is 2. The standard InChI is InChI=1S/C23H27ClN2O2S/c1-5-12-26(14-17-8-6-7-9-18(17)15-27-3)23-25-22(16(2)29-23)20-11-10-19(28-4)13-21(20)24/h6-11,13H,5,12,14-15H2,1-4H3. The Labute approximate surface area is 182 Å². The summed E-state index contributed by atoms with van der Waals surface area (Å²) in [5.41, 5.74) is 4.34. The van der Waals surface area contributed by atoms with Crippen molar-refractivity contribution in [3.05, 3.63) is 63.5 Å². The summed E-state index contributed by atoms with van der Waals surface area (Å²) in [6.07, 6.45) is 1.05. The molecule has 0 bridgehead atoms. The van der Waals surface area contributed by atoms with Crippen LogP contribution in [-0.2, 0) is 17.9 Å². The summed E-state index contributed by atoms with van der Waals surface area (Å²) in [7, 11) is 3.37. The van der Waals surface area contributed by atoms with Gasteiger partial charge in [-0.2, -0.15) is 0 Å². The van der Waals surface area contributed by atoms with Crippen LogP contribution in [0.3, 0.4) is 0 Å². The normalized spacial score (nSPS) is 10.9. The summed E-state index contributed by atoms with van der Waals surface area (Å²) < 4.78 is 10.6. The van der Waals surface area contributed by atoms with Crippen LogP contribution in [0.4, 0.5) is 5.13 Å². The molecule has 0 spiro atoms. The van der Waals surface area contributed by atoms with E-state index in [2.05, 4.69) is 43.0 Å². The Hall–Kier alpha value is -2.08. The molecule has 0 amide bonds. The van der Waals surface area contributed by atoms with Gasteiger partial charge in [0, 0.05) is 30.6 Å². The molecular formula is C23H27ClN2O2S. The van der Waals surface area contributed by atoms with Crippen LogP contribution in [0.1, 0.15) is 29.3 Å². The van der Waals surface area contributed by atoms with Crippen molar-refractivity contribution in [2.24, 2.45) is 0 Å². The van der Waals surface area contributed by atoms with Crippen LogP contribution in [0.25, 0.3) is 11.3 Å². The third kappa shape index (κ3) is 5.10. The molecule has 0 aliphatic heterocycles. The second-order valence-corrected chi connectivity index (χ2v) is 8.46. The maximum Gasteiger partial charge on any atom is 0.186 e. The van der Waals surface area contributed by atoms with Gasteiger partial charge in [0.05, 0.1) is 24.4 Å². The van der Waals surface area contributed by atoms with Gasteiger partial charge in [-0.3, -0.25) is 0 Å². The third-order valence-corrected chi connectivity index (χ3v) is 6.10. The van der Waals surface area contributed by atoms with Crippen molar-refractivity contribution in [3.8, 4) is 17.0 Å². The Bertz CT molecular complexity index is 958. The molecule has 0 radical (unpaired) electrons. The van der Waals surface area contributed by atoms with E-state index in [-0.39, 0.29) is 0 Å².